The first-order valence-electron chi connectivity index (χ1n) is 5.85. The van der Waals surface area contributed by atoms with Crippen LogP contribution >= 0.6 is 0 Å². The van der Waals surface area contributed by atoms with E-state index < -0.39 is 6.10 Å². The lowest BCUT2D eigenvalue weighted by Crippen LogP contribution is -2.33. The molecule has 15 heavy (non-hydrogen) atoms. The van der Waals surface area contributed by atoms with E-state index >= 15 is 0 Å². The zero-order chi connectivity index (χ0) is 10.7. The van der Waals surface area contributed by atoms with E-state index in [2.05, 4.69) is 6.92 Å². The summed E-state index contributed by atoms with van der Waals surface area (Å²) in [6, 6.07) is 0. The van der Waals surface area contributed by atoms with Crippen LogP contribution in [0.4, 0.5) is 0 Å². The SMILES string of the molecule is CCCCCO[C@@H]1COC2C1OC[C@@H]2O. The molecule has 2 heterocycles. The van der Waals surface area contributed by atoms with Gasteiger partial charge in [-0.15, -0.1) is 0 Å². The molecule has 0 bridgehead atoms. The average molecular weight is 216 g/mol. The predicted octanol–water partition coefficient (Wildman–Crippen LogP) is 0.720. The molecule has 4 nitrogen and oxygen atoms in total. The lowest BCUT2D eigenvalue weighted by atomic mass is 10.1. The van der Waals surface area contributed by atoms with Crippen molar-refractivity contribution in [3.05, 3.63) is 0 Å². The quantitative estimate of drug-likeness (QED) is 0.688. The van der Waals surface area contributed by atoms with E-state index in [9.17, 15) is 5.11 Å². The first-order chi connectivity index (χ1) is 7.33. The summed E-state index contributed by atoms with van der Waals surface area (Å²) in [5.41, 5.74) is 0. The van der Waals surface area contributed by atoms with E-state index in [1.807, 2.05) is 0 Å². The van der Waals surface area contributed by atoms with Crippen LogP contribution in [0.3, 0.4) is 0 Å². The van der Waals surface area contributed by atoms with Gasteiger partial charge in [0.1, 0.15) is 24.4 Å². The number of unbranched alkanes of at least 4 members (excludes halogenated alkanes) is 2. The average Bonchev–Trinajstić information content (AvgIpc) is 2.78. The highest BCUT2D eigenvalue weighted by Gasteiger charge is 2.47. The van der Waals surface area contributed by atoms with Crippen molar-refractivity contribution in [2.45, 2.75) is 50.6 Å². The van der Waals surface area contributed by atoms with Crippen molar-refractivity contribution in [2.75, 3.05) is 19.8 Å². The van der Waals surface area contributed by atoms with Crippen LogP contribution in [0.2, 0.25) is 0 Å². The largest absolute Gasteiger partial charge is 0.388 e. The van der Waals surface area contributed by atoms with E-state index in [-0.39, 0.29) is 18.3 Å². The first-order valence-corrected chi connectivity index (χ1v) is 5.85. The third-order valence-corrected chi connectivity index (χ3v) is 3.06. The summed E-state index contributed by atoms with van der Waals surface area (Å²) in [5.74, 6) is 0. The zero-order valence-electron chi connectivity index (χ0n) is 9.22. The van der Waals surface area contributed by atoms with Gasteiger partial charge in [-0.2, -0.15) is 0 Å². The Hall–Kier alpha value is -0.160. The molecule has 0 spiro atoms. The van der Waals surface area contributed by atoms with E-state index in [0.29, 0.717) is 13.2 Å². The van der Waals surface area contributed by atoms with Gasteiger partial charge in [-0.3, -0.25) is 0 Å². The lowest BCUT2D eigenvalue weighted by Gasteiger charge is -2.16. The zero-order valence-corrected chi connectivity index (χ0v) is 9.22. The molecule has 0 aromatic heterocycles. The van der Waals surface area contributed by atoms with Gasteiger partial charge in [0.2, 0.25) is 0 Å². The van der Waals surface area contributed by atoms with Crippen LogP contribution in [0.1, 0.15) is 26.2 Å². The van der Waals surface area contributed by atoms with Gasteiger partial charge in [0.25, 0.3) is 0 Å². The Balaban J connectivity index is 1.71. The van der Waals surface area contributed by atoms with Crippen LogP contribution in [0.25, 0.3) is 0 Å². The van der Waals surface area contributed by atoms with Gasteiger partial charge >= 0.3 is 0 Å². The number of hydrogen-bond acceptors (Lipinski definition) is 4. The maximum absolute atomic E-state index is 9.52. The number of ether oxygens (including phenoxy) is 3. The second-order valence-electron chi connectivity index (χ2n) is 4.28. The Kier molecular flexibility index (Phi) is 3.97. The lowest BCUT2D eigenvalue weighted by molar-refractivity contribution is -0.0377. The topological polar surface area (TPSA) is 47.9 Å². The maximum Gasteiger partial charge on any atom is 0.115 e. The van der Waals surface area contributed by atoms with Gasteiger partial charge in [-0.1, -0.05) is 19.8 Å². The van der Waals surface area contributed by atoms with Gasteiger partial charge in [0.15, 0.2) is 0 Å². The molecule has 0 aromatic carbocycles. The highest BCUT2D eigenvalue weighted by Crippen LogP contribution is 2.28. The summed E-state index contributed by atoms with van der Waals surface area (Å²) in [6.45, 7) is 3.87. The molecule has 2 fully saturated rings. The molecule has 0 amide bonds. The molecule has 2 unspecified atom stereocenters. The molecule has 2 aliphatic rings. The summed E-state index contributed by atoms with van der Waals surface area (Å²) in [7, 11) is 0. The fraction of sp³-hybridized carbons (Fsp3) is 1.00. The van der Waals surface area contributed by atoms with E-state index in [4.69, 9.17) is 14.2 Å². The molecule has 2 rings (SSSR count). The van der Waals surface area contributed by atoms with Crippen LogP contribution in [0.15, 0.2) is 0 Å². The summed E-state index contributed by atoms with van der Waals surface area (Å²) >= 11 is 0. The fourth-order valence-electron chi connectivity index (χ4n) is 2.17. The van der Waals surface area contributed by atoms with Gasteiger partial charge in [0.05, 0.1) is 13.2 Å². The van der Waals surface area contributed by atoms with Crippen molar-refractivity contribution in [1.82, 2.24) is 0 Å². The molecule has 4 heteroatoms. The number of aliphatic hydroxyl groups is 1. The summed E-state index contributed by atoms with van der Waals surface area (Å²) in [5, 5.41) is 9.52. The molecule has 1 N–H and O–H groups in total. The monoisotopic (exact) mass is 216 g/mol. The molecule has 0 aromatic rings. The molecule has 2 saturated heterocycles. The second kappa shape index (κ2) is 5.25. The third-order valence-electron chi connectivity index (χ3n) is 3.06. The summed E-state index contributed by atoms with van der Waals surface area (Å²) in [4.78, 5) is 0. The standard InChI is InChI=1S/C11H20O4/c1-2-3-4-5-13-9-7-15-10-8(12)6-14-11(9)10/h8-12H,2-7H2,1H3/t8-,9+,10?,11?/m0/s1. The minimum absolute atomic E-state index is 0.0176. The van der Waals surface area contributed by atoms with Crippen LogP contribution < -0.4 is 0 Å². The van der Waals surface area contributed by atoms with Gasteiger partial charge in [-0.05, 0) is 6.42 Å². The fourth-order valence-corrected chi connectivity index (χ4v) is 2.17. The minimum atomic E-state index is -0.473. The Morgan fingerprint density at radius 3 is 2.80 bits per heavy atom. The Labute approximate surface area is 90.5 Å². The van der Waals surface area contributed by atoms with Gasteiger partial charge in [-0.25, -0.2) is 0 Å². The van der Waals surface area contributed by atoms with Gasteiger partial charge < -0.3 is 19.3 Å². The van der Waals surface area contributed by atoms with Crippen LogP contribution in [-0.2, 0) is 14.2 Å². The molecule has 0 radical (unpaired) electrons. The molecule has 2 aliphatic heterocycles. The third kappa shape index (κ3) is 2.50. The van der Waals surface area contributed by atoms with Crippen molar-refractivity contribution < 1.29 is 19.3 Å². The molecule has 0 saturated carbocycles. The predicted molar refractivity (Wildman–Crippen MR) is 54.8 cm³/mol. The highest BCUT2D eigenvalue weighted by atomic mass is 16.6. The highest BCUT2D eigenvalue weighted by molar-refractivity contribution is 4.94. The van der Waals surface area contributed by atoms with Crippen molar-refractivity contribution in [2.24, 2.45) is 0 Å². The number of hydrogen-bond donors (Lipinski definition) is 1. The van der Waals surface area contributed by atoms with E-state index in [1.54, 1.807) is 0 Å². The minimum Gasteiger partial charge on any atom is -0.388 e. The molecule has 0 aliphatic carbocycles. The van der Waals surface area contributed by atoms with Crippen LogP contribution in [0, 0.1) is 0 Å². The number of rotatable bonds is 5. The molecular formula is C11H20O4. The van der Waals surface area contributed by atoms with Crippen molar-refractivity contribution >= 4 is 0 Å². The van der Waals surface area contributed by atoms with Crippen molar-refractivity contribution in [1.29, 1.82) is 0 Å². The number of aliphatic hydroxyl groups excluding tert-OH is 1. The first kappa shape index (κ1) is 11.3. The van der Waals surface area contributed by atoms with E-state index in [1.165, 1.54) is 12.8 Å². The Morgan fingerprint density at radius 1 is 1.20 bits per heavy atom. The van der Waals surface area contributed by atoms with Crippen molar-refractivity contribution in [3.8, 4) is 0 Å². The number of fused-ring (bicyclic) bond motifs is 1. The van der Waals surface area contributed by atoms with Crippen molar-refractivity contribution in [3.63, 3.8) is 0 Å². The Morgan fingerprint density at radius 2 is 2.00 bits per heavy atom. The van der Waals surface area contributed by atoms with Crippen LogP contribution in [-0.4, -0.2) is 49.3 Å². The van der Waals surface area contributed by atoms with Crippen LogP contribution in [0.5, 0.6) is 0 Å². The van der Waals surface area contributed by atoms with E-state index in [0.717, 1.165) is 13.0 Å². The maximum atomic E-state index is 9.52. The van der Waals surface area contributed by atoms with Gasteiger partial charge in [0, 0.05) is 6.61 Å². The summed E-state index contributed by atoms with van der Waals surface area (Å²) in [6.07, 6.45) is 2.82. The second-order valence-corrected chi connectivity index (χ2v) is 4.28. The molecule has 4 atom stereocenters. The molecule has 88 valence electrons. The molecular weight excluding hydrogens is 196 g/mol. The normalized spacial score (nSPS) is 39.6. The Bertz CT molecular complexity index is 197. The summed E-state index contributed by atoms with van der Waals surface area (Å²) < 4.78 is 16.6. The smallest absolute Gasteiger partial charge is 0.115 e.